The van der Waals surface area contributed by atoms with Crippen molar-refractivity contribution < 1.29 is 19.1 Å². The summed E-state index contributed by atoms with van der Waals surface area (Å²) >= 11 is 0. The lowest BCUT2D eigenvalue weighted by atomic mass is 9.87. The number of rotatable bonds is 6. The summed E-state index contributed by atoms with van der Waals surface area (Å²) in [6.07, 6.45) is 0. The van der Waals surface area contributed by atoms with Crippen molar-refractivity contribution in [2.75, 3.05) is 19.0 Å². The van der Waals surface area contributed by atoms with Gasteiger partial charge in [0.1, 0.15) is 0 Å². The smallest absolute Gasteiger partial charge is 0.338 e. The maximum absolute atomic E-state index is 12.1. The number of hydrogen-bond donors (Lipinski definition) is 1. The van der Waals surface area contributed by atoms with Crippen LogP contribution in [0.25, 0.3) is 0 Å². The molecule has 0 fully saturated rings. The molecule has 5 heteroatoms. The molecule has 0 saturated heterocycles. The molecule has 1 N–H and O–H groups in total. The average Bonchev–Trinajstić information content (AvgIpc) is 2.60. The molecule has 0 atom stereocenters. The van der Waals surface area contributed by atoms with Gasteiger partial charge in [-0.15, -0.1) is 0 Å². The largest absolute Gasteiger partial charge is 0.452 e. The number of methoxy groups -OCH3 is 1. The molecule has 0 aromatic heterocycles. The van der Waals surface area contributed by atoms with E-state index in [1.807, 2.05) is 30.3 Å². The van der Waals surface area contributed by atoms with Gasteiger partial charge in [0.15, 0.2) is 6.61 Å². The maximum Gasteiger partial charge on any atom is 0.338 e. The minimum Gasteiger partial charge on any atom is -0.452 e. The van der Waals surface area contributed by atoms with Gasteiger partial charge in [0.2, 0.25) is 0 Å². The second-order valence-electron chi connectivity index (χ2n) is 7.09. The number of carbonyl (C=O) groups is 2. The Morgan fingerprint density at radius 1 is 1.04 bits per heavy atom. The van der Waals surface area contributed by atoms with Crippen LogP contribution >= 0.6 is 0 Å². The van der Waals surface area contributed by atoms with Crippen molar-refractivity contribution in [3.05, 3.63) is 65.2 Å². The predicted octanol–water partition coefficient (Wildman–Crippen LogP) is 3.93. The number of esters is 1. The standard InChI is InChI=1S/C21H25NO4/c1-21(2,3)17-8-10-18(11-9-17)22-19(23)14-26-20(24)16-7-5-6-15(12-16)13-25-4/h5-12H,13-14H2,1-4H3,(H,22,23). The molecule has 0 bridgehead atoms. The number of anilines is 1. The van der Waals surface area contributed by atoms with E-state index >= 15 is 0 Å². The molecule has 2 aromatic rings. The summed E-state index contributed by atoms with van der Waals surface area (Å²) in [5, 5.41) is 2.72. The van der Waals surface area contributed by atoms with Crippen LogP contribution in [0.2, 0.25) is 0 Å². The Bertz CT molecular complexity index is 760. The van der Waals surface area contributed by atoms with E-state index in [2.05, 4.69) is 26.1 Å². The summed E-state index contributed by atoms with van der Waals surface area (Å²) in [6, 6.07) is 14.6. The summed E-state index contributed by atoms with van der Waals surface area (Å²) in [4.78, 5) is 24.1. The summed E-state index contributed by atoms with van der Waals surface area (Å²) in [5.41, 5.74) is 3.15. The molecule has 5 nitrogen and oxygen atoms in total. The van der Waals surface area contributed by atoms with Crippen molar-refractivity contribution in [3.8, 4) is 0 Å². The fourth-order valence-corrected chi connectivity index (χ4v) is 2.42. The van der Waals surface area contributed by atoms with Crippen molar-refractivity contribution in [3.63, 3.8) is 0 Å². The van der Waals surface area contributed by atoms with E-state index in [0.29, 0.717) is 17.9 Å². The molecular formula is C21H25NO4. The van der Waals surface area contributed by atoms with Gasteiger partial charge in [-0.05, 0) is 40.8 Å². The highest BCUT2D eigenvalue weighted by Gasteiger charge is 2.14. The van der Waals surface area contributed by atoms with E-state index in [0.717, 1.165) is 5.56 Å². The predicted molar refractivity (Wildman–Crippen MR) is 101 cm³/mol. The van der Waals surface area contributed by atoms with Crippen LogP contribution in [0.4, 0.5) is 5.69 Å². The molecule has 0 unspecified atom stereocenters. The number of hydrogen-bond acceptors (Lipinski definition) is 4. The normalized spacial score (nSPS) is 11.1. The molecule has 0 spiro atoms. The van der Waals surface area contributed by atoms with Gasteiger partial charge in [-0.25, -0.2) is 4.79 Å². The highest BCUT2D eigenvalue weighted by atomic mass is 16.5. The minimum absolute atomic E-state index is 0.0510. The second-order valence-corrected chi connectivity index (χ2v) is 7.09. The molecule has 138 valence electrons. The monoisotopic (exact) mass is 355 g/mol. The quantitative estimate of drug-likeness (QED) is 0.798. The van der Waals surface area contributed by atoms with E-state index in [1.165, 1.54) is 5.56 Å². The summed E-state index contributed by atoms with van der Waals surface area (Å²) < 4.78 is 10.1. The lowest BCUT2D eigenvalue weighted by Crippen LogP contribution is -2.21. The van der Waals surface area contributed by atoms with E-state index in [4.69, 9.17) is 9.47 Å². The fraction of sp³-hybridized carbons (Fsp3) is 0.333. The van der Waals surface area contributed by atoms with Crippen LogP contribution in [0.15, 0.2) is 48.5 Å². The molecule has 0 radical (unpaired) electrons. The third-order valence-electron chi connectivity index (χ3n) is 3.84. The molecule has 0 heterocycles. The van der Waals surface area contributed by atoms with Crippen LogP contribution in [0.1, 0.15) is 42.3 Å². The Morgan fingerprint density at radius 2 is 1.73 bits per heavy atom. The zero-order valence-electron chi connectivity index (χ0n) is 15.7. The van der Waals surface area contributed by atoms with Crippen LogP contribution in [-0.4, -0.2) is 25.6 Å². The SMILES string of the molecule is COCc1cccc(C(=O)OCC(=O)Nc2ccc(C(C)(C)C)cc2)c1. The van der Waals surface area contributed by atoms with Crippen LogP contribution in [0, 0.1) is 0 Å². The first-order valence-electron chi connectivity index (χ1n) is 8.45. The molecule has 2 rings (SSSR count). The first-order chi connectivity index (χ1) is 12.3. The van der Waals surface area contributed by atoms with Gasteiger partial charge in [-0.2, -0.15) is 0 Å². The third kappa shape index (κ3) is 5.70. The zero-order valence-corrected chi connectivity index (χ0v) is 15.7. The minimum atomic E-state index is -0.541. The first kappa shape index (κ1) is 19.7. The van der Waals surface area contributed by atoms with Crippen molar-refractivity contribution in [1.82, 2.24) is 0 Å². The average molecular weight is 355 g/mol. The van der Waals surface area contributed by atoms with Gasteiger partial charge in [-0.3, -0.25) is 4.79 Å². The Labute approximate surface area is 154 Å². The molecule has 2 aromatic carbocycles. The number of amides is 1. The Kier molecular flexibility index (Phi) is 6.52. The van der Waals surface area contributed by atoms with Crippen molar-refractivity contribution >= 4 is 17.6 Å². The third-order valence-corrected chi connectivity index (χ3v) is 3.84. The zero-order chi connectivity index (χ0) is 19.2. The van der Waals surface area contributed by atoms with E-state index in [1.54, 1.807) is 25.3 Å². The van der Waals surface area contributed by atoms with Crippen molar-refractivity contribution in [2.24, 2.45) is 0 Å². The first-order valence-corrected chi connectivity index (χ1v) is 8.45. The van der Waals surface area contributed by atoms with Gasteiger partial charge < -0.3 is 14.8 Å². The number of nitrogens with one attached hydrogen (secondary N) is 1. The van der Waals surface area contributed by atoms with Crippen LogP contribution in [0.3, 0.4) is 0 Å². The summed E-state index contributed by atoms with van der Waals surface area (Å²) in [7, 11) is 1.59. The fourth-order valence-electron chi connectivity index (χ4n) is 2.42. The molecule has 0 saturated carbocycles. The number of benzene rings is 2. The molecule has 0 aliphatic carbocycles. The maximum atomic E-state index is 12.1. The Balaban J connectivity index is 1.88. The lowest BCUT2D eigenvalue weighted by molar-refractivity contribution is -0.119. The van der Waals surface area contributed by atoms with Gasteiger partial charge in [0.05, 0.1) is 12.2 Å². The van der Waals surface area contributed by atoms with E-state index in [9.17, 15) is 9.59 Å². The summed E-state index contributed by atoms with van der Waals surface area (Å²) in [6.45, 7) is 6.45. The van der Waals surface area contributed by atoms with Crippen LogP contribution in [0.5, 0.6) is 0 Å². The van der Waals surface area contributed by atoms with Crippen molar-refractivity contribution in [1.29, 1.82) is 0 Å². The topological polar surface area (TPSA) is 64.6 Å². The molecule has 0 aliphatic rings. The van der Waals surface area contributed by atoms with E-state index in [-0.39, 0.29) is 17.9 Å². The van der Waals surface area contributed by atoms with Crippen LogP contribution in [-0.2, 0) is 26.3 Å². The molecule has 26 heavy (non-hydrogen) atoms. The van der Waals surface area contributed by atoms with Gasteiger partial charge in [0.25, 0.3) is 5.91 Å². The second kappa shape index (κ2) is 8.63. The van der Waals surface area contributed by atoms with Gasteiger partial charge in [0, 0.05) is 12.8 Å². The highest BCUT2D eigenvalue weighted by Crippen LogP contribution is 2.23. The molecule has 0 aliphatic heterocycles. The van der Waals surface area contributed by atoms with Gasteiger partial charge in [-0.1, -0.05) is 45.0 Å². The lowest BCUT2D eigenvalue weighted by Gasteiger charge is -2.19. The van der Waals surface area contributed by atoms with Gasteiger partial charge >= 0.3 is 5.97 Å². The van der Waals surface area contributed by atoms with E-state index < -0.39 is 5.97 Å². The molecule has 1 amide bonds. The highest BCUT2D eigenvalue weighted by molar-refractivity contribution is 5.95. The summed E-state index contributed by atoms with van der Waals surface area (Å²) in [5.74, 6) is -0.920. The number of ether oxygens (including phenoxy) is 2. The number of carbonyl (C=O) groups excluding carboxylic acids is 2. The van der Waals surface area contributed by atoms with Crippen molar-refractivity contribution in [2.45, 2.75) is 32.8 Å². The Hall–Kier alpha value is -2.66. The van der Waals surface area contributed by atoms with Crippen LogP contribution < -0.4 is 5.32 Å². The molecular weight excluding hydrogens is 330 g/mol. The Morgan fingerprint density at radius 3 is 2.35 bits per heavy atom.